The predicted octanol–water partition coefficient (Wildman–Crippen LogP) is 3.40. The van der Waals surface area contributed by atoms with Crippen LogP contribution in [-0.2, 0) is 5.41 Å². The lowest BCUT2D eigenvalue weighted by atomic mass is 9.81. The third-order valence-electron chi connectivity index (χ3n) is 2.67. The van der Waals surface area contributed by atoms with Crippen LogP contribution in [0.4, 0.5) is 0 Å². The van der Waals surface area contributed by atoms with Gasteiger partial charge in [-0.3, -0.25) is 0 Å². The molecular weight excluding hydrogens is 194 g/mol. The normalized spacial score (nSPS) is 12.8. The lowest BCUT2D eigenvalue weighted by Crippen LogP contribution is -2.19. The first-order valence-corrected chi connectivity index (χ1v) is 5.71. The second-order valence-corrected chi connectivity index (χ2v) is 5.07. The van der Waals surface area contributed by atoms with Gasteiger partial charge in [-0.25, -0.2) is 0 Å². The Balaban J connectivity index is 3.07. The average Bonchev–Trinajstić information content (AvgIpc) is 2.24. The van der Waals surface area contributed by atoms with Crippen molar-refractivity contribution >= 4 is 0 Å². The Morgan fingerprint density at radius 3 is 2.44 bits per heavy atom. The molecule has 0 radical (unpaired) electrons. The molecule has 0 saturated heterocycles. The Bertz CT molecular complexity index is 401. The second-order valence-electron chi connectivity index (χ2n) is 5.07. The molecule has 1 rings (SSSR count). The van der Waals surface area contributed by atoms with Crippen molar-refractivity contribution in [1.29, 1.82) is 0 Å². The van der Waals surface area contributed by atoms with Gasteiger partial charge >= 0.3 is 0 Å². The van der Waals surface area contributed by atoms with Crippen molar-refractivity contribution in [2.75, 3.05) is 0 Å². The molecule has 0 fully saturated rings. The van der Waals surface area contributed by atoms with Crippen LogP contribution in [0.15, 0.2) is 24.3 Å². The first kappa shape index (κ1) is 12.8. The van der Waals surface area contributed by atoms with Gasteiger partial charge in [0.15, 0.2) is 0 Å². The van der Waals surface area contributed by atoms with Gasteiger partial charge in [-0.1, -0.05) is 45.0 Å². The highest BCUT2D eigenvalue weighted by Gasteiger charge is 2.19. The molecule has 1 heteroatoms. The Kier molecular flexibility index (Phi) is 4.15. The van der Waals surface area contributed by atoms with E-state index in [9.17, 15) is 0 Å². The number of rotatable bonds is 2. The quantitative estimate of drug-likeness (QED) is 0.752. The van der Waals surface area contributed by atoms with Crippen LogP contribution in [0.5, 0.6) is 0 Å². The molecule has 0 aliphatic rings. The molecule has 16 heavy (non-hydrogen) atoms. The lowest BCUT2D eigenvalue weighted by Gasteiger charge is -2.25. The van der Waals surface area contributed by atoms with Gasteiger partial charge in [-0.2, -0.15) is 0 Å². The molecule has 1 aromatic carbocycles. The van der Waals surface area contributed by atoms with Crippen molar-refractivity contribution in [2.24, 2.45) is 5.73 Å². The van der Waals surface area contributed by atoms with Gasteiger partial charge in [0, 0.05) is 12.5 Å². The van der Waals surface area contributed by atoms with E-state index >= 15 is 0 Å². The Morgan fingerprint density at radius 1 is 1.25 bits per heavy atom. The van der Waals surface area contributed by atoms with E-state index in [1.807, 2.05) is 13.0 Å². The van der Waals surface area contributed by atoms with Crippen molar-refractivity contribution in [1.82, 2.24) is 0 Å². The van der Waals surface area contributed by atoms with Gasteiger partial charge in [0.25, 0.3) is 0 Å². The fraction of sp³-hybridized carbons (Fsp3) is 0.467. The summed E-state index contributed by atoms with van der Waals surface area (Å²) in [4.78, 5) is 0. The highest BCUT2D eigenvalue weighted by atomic mass is 14.6. The summed E-state index contributed by atoms with van der Waals surface area (Å²) in [5.41, 5.74) is 8.85. The third-order valence-corrected chi connectivity index (χ3v) is 2.67. The van der Waals surface area contributed by atoms with Crippen molar-refractivity contribution < 1.29 is 0 Å². The van der Waals surface area contributed by atoms with Crippen LogP contribution in [0.1, 0.15) is 51.3 Å². The zero-order valence-corrected chi connectivity index (χ0v) is 10.7. The van der Waals surface area contributed by atoms with Crippen molar-refractivity contribution in [3.05, 3.63) is 35.4 Å². The molecule has 0 bridgehead atoms. The van der Waals surface area contributed by atoms with Gasteiger partial charge in [0.1, 0.15) is 0 Å². The largest absolute Gasteiger partial charge is 0.323 e. The molecule has 2 N–H and O–H groups in total. The Labute approximate surface area is 99.1 Å². The summed E-state index contributed by atoms with van der Waals surface area (Å²) in [6.45, 7) is 8.49. The number of benzene rings is 1. The number of nitrogens with two attached hydrogens (primary N) is 1. The molecule has 0 amide bonds. The standard InChI is InChI=1S/C15H21N/c1-5-6-11-14(16)12-9-7-8-10-13(12)15(2,3)4/h7-10,14H,11,16H2,1-4H3. The summed E-state index contributed by atoms with van der Waals surface area (Å²) < 4.78 is 0. The summed E-state index contributed by atoms with van der Waals surface area (Å²) in [6, 6.07) is 8.41. The minimum Gasteiger partial charge on any atom is -0.323 e. The zero-order chi connectivity index (χ0) is 12.2. The van der Waals surface area contributed by atoms with E-state index in [1.165, 1.54) is 11.1 Å². The van der Waals surface area contributed by atoms with Crippen LogP contribution in [0.2, 0.25) is 0 Å². The van der Waals surface area contributed by atoms with Crippen molar-refractivity contribution in [3.8, 4) is 11.8 Å². The van der Waals surface area contributed by atoms with Crippen molar-refractivity contribution in [2.45, 2.75) is 45.6 Å². The smallest absolute Gasteiger partial charge is 0.0408 e. The van der Waals surface area contributed by atoms with Gasteiger partial charge in [-0.05, 0) is 23.5 Å². The molecule has 0 heterocycles. The molecule has 1 unspecified atom stereocenters. The maximum Gasteiger partial charge on any atom is 0.0408 e. The predicted molar refractivity (Wildman–Crippen MR) is 70.1 cm³/mol. The van der Waals surface area contributed by atoms with Crippen LogP contribution < -0.4 is 5.73 Å². The lowest BCUT2D eigenvalue weighted by molar-refractivity contribution is 0.571. The molecular formula is C15H21N. The zero-order valence-electron chi connectivity index (χ0n) is 10.7. The average molecular weight is 215 g/mol. The SMILES string of the molecule is CC#CCC(N)c1ccccc1C(C)(C)C. The molecule has 0 aromatic heterocycles. The van der Waals surface area contributed by atoms with E-state index in [0.717, 1.165) is 6.42 Å². The molecule has 1 nitrogen and oxygen atoms in total. The molecule has 0 aliphatic heterocycles. The van der Waals surface area contributed by atoms with Crippen molar-refractivity contribution in [3.63, 3.8) is 0 Å². The topological polar surface area (TPSA) is 26.0 Å². The van der Waals surface area contributed by atoms with E-state index in [1.54, 1.807) is 0 Å². The first-order chi connectivity index (χ1) is 7.46. The van der Waals surface area contributed by atoms with Crippen LogP contribution >= 0.6 is 0 Å². The highest BCUT2D eigenvalue weighted by Crippen LogP contribution is 2.29. The van der Waals surface area contributed by atoms with Crippen LogP contribution in [0.3, 0.4) is 0 Å². The summed E-state index contributed by atoms with van der Waals surface area (Å²) >= 11 is 0. The van der Waals surface area contributed by atoms with Crippen LogP contribution in [0, 0.1) is 11.8 Å². The Hall–Kier alpha value is -1.26. The van der Waals surface area contributed by atoms with Gasteiger partial charge < -0.3 is 5.73 Å². The molecule has 0 saturated carbocycles. The summed E-state index contributed by atoms with van der Waals surface area (Å²) in [5.74, 6) is 5.95. The van der Waals surface area contributed by atoms with Gasteiger partial charge in [-0.15, -0.1) is 11.8 Å². The minimum atomic E-state index is 0.0166. The molecule has 86 valence electrons. The van der Waals surface area contributed by atoms with Gasteiger partial charge in [0.05, 0.1) is 0 Å². The third kappa shape index (κ3) is 3.12. The maximum absolute atomic E-state index is 6.18. The molecule has 0 spiro atoms. The molecule has 1 aromatic rings. The summed E-state index contributed by atoms with van der Waals surface area (Å²) in [5, 5.41) is 0. The molecule has 0 aliphatic carbocycles. The van der Waals surface area contributed by atoms with E-state index in [0.29, 0.717) is 0 Å². The molecule has 1 atom stereocenters. The number of hydrogen-bond donors (Lipinski definition) is 1. The summed E-state index contributed by atoms with van der Waals surface area (Å²) in [6.07, 6.45) is 0.726. The van der Waals surface area contributed by atoms with E-state index < -0.39 is 0 Å². The van der Waals surface area contributed by atoms with E-state index in [4.69, 9.17) is 5.73 Å². The first-order valence-electron chi connectivity index (χ1n) is 5.71. The second kappa shape index (κ2) is 5.18. The highest BCUT2D eigenvalue weighted by molar-refractivity contribution is 5.35. The van der Waals surface area contributed by atoms with E-state index in [-0.39, 0.29) is 11.5 Å². The summed E-state index contributed by atoms with van der Waals surface area (Å²) in [7, 11) is 0. The number of hydrogen-bond acceptors (Lipinski definition) is 1. The fourth-order valence-electron chi connectivity index (χ4n) is 1.83. The minimum absolute atomic E-state index is 0.0166. The monoisotopic (exact) mass is 215 g/mol. The van der Waals surface area contributed by atoms with E-state index in [2.05, 4.69) is 50.8 Å². The van der Waals surface area contributed by atoms with Crippen LogP contribution in [0.25, 0.3) is 0 Å². The fourth-order valence-corrected chi connectivity index (χ4v) is 1.83. The Morgan fingerprint density at radius 2 is 1.88 bits per heavy atom. The maximum atomic E-state index is 6.18. The van der Waals surface area contributed by atoms with Crippen LogP contribution in [-0.4, -0.2) is 0 Å². The van der Waals surface area contributed by atoms with Gasteiger partial charge in [0.2, 0.25) is 0 Å².